The number of aromatic nitrogens is 3. The normalized spacial score (nSPS) is 17.7. The van der Waals surface area contributed by atoms with Crippen LogP contribution in [-0.4, -0.2) is 62.5 Å². The first kappa shape index (κ1) is 24.7. The predicted octanol–water partition coefficient (Wildman–Crippen LogP) is 2.87. The summed E-state index contributed by atoms with van der Waals surface area (Å²) in [7, 11) is 0. The van der Waals surface area contributed by atoms with E-state index in [0.29, 0.717) is 12.4 Å². The quantitative estimate of drug-likeness (QED) is 0.689. The van der Waals surface area contributed by atoms with E-state index in [0.717, 1.165) is 64.1 Å². The molecule has 2 aromatic rings. The van der Waals surface area contributed by atoms with Crippen LogP contribution >= 0.6 is 0 Å². The van der Waals surface area contributed by atoms with Gasteiger partial charge in [-0.1, -0.05) is 6.92 Å². The number of carboxylic acids is 1. The first-order valence-electron chi connectivity index (χ1n) is 10.9. The number of aliphatic carboxylic acids is 1. The fraction of sp³-hybridized carbons (Fsp3) is 0.619. The summed E-state index contributed by atoms with van der Waals surface area (Å²) in [6.07, 6.45) is 3.76. The maximum atomic E-state index is 12.4. The summed E-state index contributed by atoms with van der Waals surface area (Å²) in [5.41, 5.74) is 1.50. The van der Waals surface area contributed by atoms with Crippen molar-refractivity contribution in [3.05, 3.63) is 35.8 Å². The van der Waals surface area contributed by atoms with Crippen molar-refractivity contribution in [3.63, 3.8) is 0 Å². The minimum atomic E-state index is -5.08. The number of piperidine rings is 1. The van der Waals surface area contributed by atoms with Gasteiger partial charge in [-0.15, -0.1) is 10.2 Å². The summed E-state index contributed by atoms with van der Waals surface area (Å²) < 4.78 is 39.0. The SMILES string of the molecule is CCCNC(=O)c1nnc2n1CC1(CC2)CCN(Cc2ccoc2)CC1.O=C(O)C(F)(F)F. The molecule has 2 N–H and O–H groups in total. The molecule has 4 heterocycles. The van der Waals surface area contributed by atoms with Crippen LogP contribution in [0.4, 0.5) is 13.2 Å². The molecule has 0 aromatic carbocycles. The van der Waals surface area contributed by atoms with Crippen molar-refractivity contribution in [2.75, 3.05) is 19.6 Å². The first-order chi connectivity index (χ1) is 15.6. The first-order valence-corrected chi connectivity index (χ1v) is 10.9. The van der Waals surface area contributed by atoms with Crippen LogP contribution in [0.1, 0.15) is 54.6 Å². The zero-order chi connectivity index (χ0) is 24.1. The monoisotopic (exact) mass is 471 g/mol. The Kier molecular flexibility index (Phi) is 7.77. The van der Waals surface area contributed by atoms with Gasteiger partial charge in [0, 0.05) is 31.6 Å². The Bertz CT molecular complexity index is 934. The van der Waals surface area contributed by atoms with Crippen molar-refractivity contribution in [1.82, 2.24) is 25.0 Å². The Balaban J connectivity index is 0.000000383. The molecule has 33 heavy (non-hydrogen) atoms. The Morgan fingerprint density at radius 1 is 1.24 bits per heavy atom. The zero-order valence-electron chi connectivity index (χ0n) is 18.4. The molecule has 9 nitrogen and oxygen atoms in total. The maximum absolute atomic E-state index is 12.4. The van der Waals surface area contributed by atoms with E-state index in [2.05, 4.69) is 25.0 Å². The van der Waals surface area contributed by atoms with Crippen molar-refractivity contribution in [3.8, 4) is 0 Å². The molecule has 4 rings (SSSR count). The summed E-state index contributed by atoms with van der Waals surface area (Å²) in [5.74, 6) is -1.42. The van der Waals surface area contributed by atoms with Gasteiger partial charge in [0.25, 0.3) is 5.91 Å². The predicted molar refractivity (Wildman–Crippen MR) is 110 cm³/mol. The largest absolute Gasteiger partial charge is 0.490 e. The minimum absolute atomic E-state index is 0.0972. The minimum Gasteiger partial charge on any atom is -0.475 e. The molecule has 2 aliphatic heterocycles. The van der Waals surface area contributed by atoms with E-state index < -0.39 is 12.1 Å². The van der Waals surface area contributed by atoms with E-state index in [-0.39, 0.29) is 11.3 Å². The molecule has 1 amide bonds. The van der Waals surface area contributed by atoms with Gasteiger partial charge in [0.05, 0.1) is 12.5 Å². The van der Waals surface area contributed by atoms with Gasteiger partial charge >= 0.3 is 12.1 Å². The van der Waals surface area contributed by atoms with Gasteiger partial charge in [0.1, 0.15) is 5.82 Å². The highest BCUT2D eigenvalue weighted by Gasteiger charge is 2.40. The van der Waals surface area contributed by atoms with E-state index in [1.54, 1.807) is 6.26 Å². The van der Waals surface area contributed by atoms with Gasteiger partial charge in [0.15, 0.2) is 0 Å². The van der Waals surface area contributed by atoms with E-state index in [1.165, 1.54) is 5.56 Å². The van der Waals surface area contributed by atoms with Crippen LogP contribution in [0.15, 0.2) is 23.0 Å². The summed E-state index contributed by atoms with van der Waals surface area (Å²) >= 11 is 0. The molecule has 0 bridgehead atoms. The van der Waals surface area contributed by atoms with Gasteiger partial charge in [-0.3, -0.25) is 9.69 Å². The molecule has 2 aromatic heterocycles. The second-order valence-corrected chi connectivity index (χ2v) is 8.49. The molecule has 1 spiro atoms. The number of hydrogen-bond acceptors (Lipinski definition) is 6. The third-order valence-corrected chi connectivity index (χ3v) is 6.08. The van der Waals surface area contributed by atoms with Gasteiger partial charge in [0.2, 0.25) is 5.82 Å². The Morgan fingerprint density at radius 3 is 2.52 bits per heavy atom. The molecule has 1 fully saturated rings. The maximum Gasteiger partial charge on any atom is 0.490 e. The van der Waals surface area contributed by atoms with Crippen LogP contribution in [-0.2, 0) is 24.3 Å². The molecule has 0 unspecified atom stereocenters. The number of carboxylic acid groups (broad SMARTS) is 1. The number of aryl methyl sites for hydroxylation is 1. The lowest BCUT2D eigenvalue weighted by Gasteiger charge is -2.44. The number of carbonyl (C=O) groups is 2. The van der Waals surface area contributed by atoms with Crippen LogP contribution < -0.4 is 5.32 Å². The third-order valence-electron chi connectivity index (χ3n) is 6.08. The average molecular weight is 471 g/mol. The highest BCUT2D eigenvalue weighted by atomic mass is 19.4. The van der Waals surface area contributed by atoms with Gasteiger partial charge in [-0.2, -0.15) is 13.2 Å². The fourth-order valence-electron chi connectivity index (χ4n) is 4.20. The smallest absolute Gasteiger partial charge is 0.475 e. The van der Waals surface area contributed by atoms with E-state index in [9.17, 15) is 18.0 Å². The number of alkyl halides is 3. The van der Waals surface area contributed by atoms with Gasteiger partial charge < -0.3 is 19.4 Å². The fourth-order valence-corrected chi connectivity index (χ4v) is 4.20. The highest BCUT2D eigenvalue weighted by Crippen LogP contribution is 2.41. The lowest BCUT2D eigenvalue weighted by atomic mass is 9.73. The number of nitrogens with one attached hydrogen (secondary N) is 1. The molecule has 182 valence electrons. The van der Waals surface area contributed by atoms with Crippen LogP contribution in [0.3, 0.4) is 0 Å². The number of likely N-dealkylation sites (tertiary alicyclic amines) is 1. The van der Waals surface area contributed by atoms with Crippen molar-refractivity contribution in [2.24, 2.45) is 5.41 Å². The number of hydrogen-bond donors (Lipinski definition) is 2. The van der Waals surface area contributed by atoms with E-state index in [1.807, 2.05) is 19.3 Å². The zero-order valence-corrected chi connectivity index (χ0v) is 18.4. The Morgan fingerprint density at radius 2 is 1.94 bits per heavy atom. The average Bonchev–Trinajstić information content (AvgIpc) is 3.43. The van der Waals surface area contributed by atoms with Crippen LogP contribution in [0.5, 0.6) is 0 Å². The summed E-state index contributed by atoms with van der Waals surface area (Å²) in [4.78, 5) is 23.8. The summed E-state index contributed by atoms with van der Waals surface area (Å²) in [6.45, 7) is 6.71. The van der Waals surface area contributed by atoms with E-state index in [4.69, 9.17) is 14.3 Å². The van der Waals surface area contributed by atoms with Crippen LogP contribution in [0.2, 0.25) is 0 Å². The number of nitrogens with zero attached hydrogens (tertiary/aromatic N) is 4. The standard InChI is InChI=1S/C19H27N5O2.C2HF3O2/c1-2-8-20-18(25)17-22-21-16-3-5-19(14-24(16)17)6-9-23(10-7-19)12-15-4-11-26-13-15;3-2(4,5)1(6)7/h4,11,13H,2-3,5-10,12,14H2,1H3,(H,20,25);(H,6,7). The molecule has 0 aliphatic carbocycles. The van der Waals surface area contributed by atoms with Crippen molar-refractivity contribution in [2.45, 2.75) is 58.3 Å². The molecule has 1 saturated heterocycles. The molecule has 2 aliphatic rings. The molecule has 0 atom stereocenters. The van der Waals surface area contributed by atoms with Crippen LogP contribution in [0.25, 0.3) is 0 Å². The molecule has 0 saturated carbocycles. The molecule has 0 radical (unpaired) electrons. The van der Waals surface area contributed by atoms with Crippen molar-refractivity contribution >= 4 is 11.9 Å². The topological polar surface area (TPSA) is 113 Å². The second kappa shape index (κ2) is 10.4. The van der Waals surface area contributed by atoms with Crippen LogP contribution in [0, 0.1) is 5.41 Å². The summed E-state index contributed by atoms with van der Waals surface area (Å²) in [6, 6.07) is 2.04. The lowest BCUT2D eigenvalue weighted by Crippen LogP contribution is -2.44. The van der Waals surface area contributed by atoms with Gasteiger partial charge in [-0.05, 0) is 50.3 Å². The Labute approximate surface area is 189 Å². The van der Waals surface area contributed by atoms with Gasteiger partial charge in [-0.25, -0.2) is 4.79 Å². The highest BCUT2D eigenvalue weighted by molar-refractivity contribution is 5.90. The van der Waals surface area contributed by atoms with E-state index >= 15 is 0 Å². The Hall–Kier alpha value is -2.89. The summed E-state index contributed by atoms with van der Waals surface area (Å²) in [5, 5.41) is 18.5. The second-order valence-electron chi connectivity index (χ2n) is 8.49. The molecular weight excluding hydrogens is 443 g/mol. The lowest BCUT2D eigenvalue weighted by molar-refractivity contribution is -0.192. The number of halogens is 3. The third kappa shape index (κ3) is 6.34. The van der Waals surface area contributed by atoms with Crippen molar-refractivity contribution < 1.29 is 32.3 Å². The number of carbonyl (C=O) groups excluding carboxylic acids is 1. The van der Waals surface area contributed by atoms with Crippen molar-refractivity contribution in [1.29, 1.82) is 0 Å². The molecular formula is C21H28F3N5O4. The number of amides is 1. The number of furan rings is 1. The number of fused-ring (bicyclic) bond motifs is 1. The molecule has 12 heteroatoms. The number of rotatable bonds is 5.